The Kier molecular flexibility index (Phi) is 57.2. The van der Waals surface area contributed by atoms with Gasteiger partial charge in [0.05, 0.1) is 33.8 Å². The molecule has 0 aliphatic rings. The SMILES string of the molecule is CCCCC/C=C\C/C=C\C/C=C\CCCCCCCCCCCCCCC(=O)OC(/C=C\CCCCCCCCCCC)C(COP(=O)(O)OCC[N+](C)(C)C)NC(=O)CCCCCCCCC/C=C/CCCCCCCC. The third-order valence-electron chi connectivity index (χ3n) is 14.9. The van der Waals surface area contributed by atoms with E-state index in [1.807, 2.05) is 33.3 Å². The van der Waals surface area contributed by atoms with Gasteiger partial charge in [0.1, 0.15) is 19.3 Å². The number of amides is 1. The van der Waals surface area contributed by atoms with E-state index in [9.17, 15) is 19.0 Å². The molecular formula is C69H130N2O7P+. The highest BCUT2D eigenvalue weighted by molar-refractivity contribution is 7.47. The lowest BCUT2D eigenvalue weighted by Crippen LogP contribution is -2.47. The van der Waals surface area contributed by atoms with Crippen LogP contribution in [-0.2, 0) is 27.9 Å². The third-order valence-corrected chi connectivity index (χ3v) is 15.9. The Morgan fingerprint density at radius 3 is 1.19 bits per heavy atom. The number of hydrogen-bond donors (Lipinski definition) is 2. The summed E-state index contributed by atoms with van der Waals surface area (Å²) < 4.78 is 30.7. The lowest BCUT2D eigenvalue weighted by Gasteiger charge is -2.27. The van der Waals surface area contributed by atoms with Crippen LogP contribution in [0.4, 0.5) is 0 Å². The predicted molar refractivity (Wildman–Crippen MR) is 342 cm³/mol. The van der Waals surface area contributed by atoms with Gasteiger partial charge in [-0.15, -0.1) is 0 Å². The number of phosphoric ester groups is 1. The van der Waals surface area contributed by atoms with Crippen LogP contribution in [0.15, 0.2) is 60.8 Å². The topological polar surface area (TPSA) is 111 Å². The fraction of sp³-hybridized carbons (Fsp3) is 0.826. The number of rotatable bonds is 61. The van der Waals surface area contributed by atoms with E-state index in [-0.39, 0.29) is 31.5 Å². The zero-order valence-electron chi connectivity index (χ0n) is 52.9. The molecule has 0 rings (SSSR count). The first kappa shape index (κ1) is 76.7. The number of esters is 1. The minimum atomic E-state index is -4.45. The first-order chi connectivity index (χ1) is 38.4. The number of likely N-dealkylation sites (N-methyl/N-ethyl adjacent to an activating group) is 1. The molecule has 0 saturated heterocycles. The Labute approximate surface area is 490 Å². The maximum absolute atomic E-state index is 13.6. The molecule has 0 bridgehead atoms. The van der Waals surface area contributed by atoms with Gasteiger partial charge >= 0.3 is 13.8 Å². The van der Waals surface area contributed by atoms with Crippen LogP contribution in [0.3, 0.4) is 0 Å². The highest BCUT2D eigenvalue weighted by Gasteiger charge is 2.30. The van der Waals surface area contributed by atoms with Crippen molar-refractivity contribution < 1.29 is 37.3 Å². The van der Waals surface area contributed by atoms with Gasteiger partial charge < -0.3 is 19.4 Å². The summed E-state index contributed by atoms with van der Waals surface area (Å²) in [4.78, 5) is 37.8. The lowest BCUT2D eigenvalue weighted by atomic mass is 10.0. The monoisotopic (exact) mass is 1130 g/mol. The van der Waals surface area contributed by atoms with Crippen molar-refractivity contribution in [2.24, 2.45) is 0 Å². The van der Waals surface area contributed by atoms with Gasteiger partial charge in [0.15, 0.2) is 0 Å². The fourth-order valence-corrected chi connectivity index (χ4v) is 10.4. The molecule has 1 amide bonds. The van der Waals surface area contributed by atoms with E-state index in [1.165, 1.54) is 199 Å². The second-order valence-electron chi connectivity index (χ2n) is 24.0. The van der Waals surface area contributed by atoms with Crippen LogP contribution < -0.4 is 5.32 Å². The molecule has 79 heavy (non-hydrogen) atoms. The maximum atomic E-state index is 13.6. The second-order valence-corrected chi connectivity index (χ2v) is 25.4. The summed E-state index contributed by atoms with van der Waals surface area (Å²) in [6.45, 7) is 7.00. The minimum absolute atomic E-state index is 0.0389. The normalized spacial score (nSPS) is 14.0. The molecule has 0 aliphatic heterocycles. The highest BCUT2D eigenvalue weighted by atomic mass is 31.2. The van der Waals surface area contributed by atoms with E-state index in [0.29, 0.717) is 17.4 Å². The molecule has 0 aromatic carbocycles. The quantitative estimate of drug-likeness (QED) is 0.0205. The molecule has 9 nitrogen and oxygen atoms in total. The van der Waals surface area contributed by atoms with E-state index < -0.39 is 20.0 Å². The molecule has 10 heteroatoms. The van der Waals surface area contributed by atoms with Crippen LogP contribution in [0, 0.1) is 0 Å². The van der Waals surface area contributed by atoms with Crippen molar-refractivity contribution in [2.75, 3.05) is 40.9 Å². The summed E-state index contributed by atoms with van der Waals surface area (Å²) in [6.07, 6.45) is 75.1. The number of phosphoric acid groups is 1. The van der Waals surface area contributed by atoms with Crippen molar-refractivity contribution in [2.45, 2.75) is 328 Å². The third kappa shape index (κ3) is 60.1. The smallest absolute Gasteiger partial charge is 0.456 e. The van der Waals surface area contributed by atoms with Crippen LogP contribution in [0.1, 0.15) is 316 Å². The Morgan fingerprint density at radius 1 is 0.443 bits per heavy atom. The van der Waals surface area contributed by atoms with Gasteiger partial charge in [-0.25, -0.2) is 4.57 Å². The largest absolute Gasteiger partial charge is 0.472 e. The van der Waals surface area contributed by atoms with E-state index in [0.717, 1.165) is 83.5 Å². The lowest BCUT2D eigenvalue weighted by molar-refractivity contribution is -0.870. The Hall–Kier alpha value is -2.29. The summed E-state index contributed by atoms with van der Waals surface area (Å²) in [6, 6.07) is -0.851. The number of nitrogens with zero attached hydrogens (tertiary/aromatic N) is 1. The van der Waals surface area contributed by atoms with Gasteiger partial charge in [-0.05, 0) is 96.0 Å². The first-order valence-electron chi connectivity index (χ1n) is 33.6. The number of carbonyl (C=O) groups excluding carboxylic acids is 2. The van der Waals surface area contributed by atoms with Gasteiger partial charge in [0.2, 0.25) is 5.91 Å². The number of quaternary nitrogens is 1. The van der Waals surface area contributed by atoms with E-state index in [4.69, 9.17) is 13.8 Å². The summed E-state index contributed by atoms with van der Waals surface area (Å²) in [5.41, 5.74) is 0. The van der Waals surface area contributed by atoms with Crippen molar-refractivity contribution >= 4 is 19.7 Å². The number of unbranched alkanes of at least 4 members (excludes halogenated alkanes) is 37. The van der Waals surface area contributed by atoms with Crippen LogP contribution >= 0.6 is 7.82 Å². The molecule has 0 aromatic rings. The molecule has 0 fully saturated rings. The molecule has 2 N–H and O–H groups in total. The Morgan fingerprint density at radius 2 is 0.772 bits per heavy atom. The van der Waals surface area contributed by atoms with Crippen molar-refractivity contribution in [3.63, 3.8) is 0 Å². The number of allylic oxidation sites excluding steroid dienone is 9. The van der Waals surface area contributed by atoms with Crippen molar-refractivity contribution in [3.05, 3.63) is 60.8 Å². The molecule has 462 valence electrons. The molecule has 0 heterocycles. The predicted octanol–water partition coefficient (Wildman–Crippen LogP) is 21.0. The molecule has 0 aliphatic carbocycles. The molecule has 0 radical (unpaired) electrons. The fourth-order valence-electron chi connectivity index (χ4n) is 9.71. The number of nitrogens with one attached hydrogen (secondary N) is 1. The van der Waals surface area contributed by atoms with Crippen molar-refractivity contribution in [3.8, 4) is 0 Å². The van der Waals surface area contributed by atoms with Crippen LogP contribution in [0.2, 0.25) is 0 Å². The van der Waals surface area contributed by atoms with Gasteiger partial charge in [0.25, 0.3) is 0 Å². The maximum Gasteiger partial charge on any atom is 0.472 e. The Balaban J connectivity index is 5.07. The number of ether oxygens (including phenoxy) is 1. The van der Waals surface area contributed by atoms with Crippen LogP contribution in [0.5, 0.6) is 0 Å². The second kappa shape index (κ2) is 58.9. The minimum Gasteiger partial charge on any atom is -0.456 e. The van der Waals surface area contributed by atoms with Crippen molar-refractivity contribution in [1.29, 1.82) is 0 Å². The van der Waals surface area contributed by atoms with Gasteiger partial charge in [-0.1, -0.05) is 268 Å². The Bertz CT molecular complexity index is 1540. The van der Waals surface area contributed by atoms with Gasteiger partial charge in [0, 0.05) is 12.8 Å². The molecule has 0 aromatic heterocycles. The number of carbonyl (C=O) groups is 2. The average molecular weight is 1130 g/mol. The molecule has 3 unspecified atom stereocenters. The van der Waals surface area contributed by atoms with Crippen LogP contribution in [0.25, 0.3) is 0 Å². The van der Waals surface area contributed by atoms with E-state index >= 15 is 0 Å². The zero-order valence-corrected chi connectivity index (χ0v) is 53.8. The van der Waals surface area contributed by atoms with E-state index in [2.05, 4.69) is 74.7 Å². The molecule has 3 atom stereocenters. The summed E-state index contributed by atoms with van der Waals surface area (Å²) in [5.74, 6) is -0.504. The van der Waals surface area contributed by atoms with Crippen LogP contribution in [-0.4, -0.2) is 74.3 Å². The van der Waals surface area contributed by atoms with Crippen molar-refractivity contribution in [1.82, 2.24) is 5.32 Å². The summed E-state index contributed by atoms with van der Waals surface area (Å²) in [7, 11) is 1.50. The first-order valence-corrected chi connectivity index (χ1v) is 35.1. The van der Waals surface area contributed by atoms with Gasteiger partial charge in [-0.2, -0.15) is 0 Å². The average Bonchev–Trinajstić information content (AvgIpc) is 3.41. The van der Waals surface area contributed by atoms with E-state index in [1.54, 1.807) is 0 Å². The highest BCUT2D eigenvalue weighted by Crippen LogP contribution is 2.43. The molecule has 0 spiro atoms. The summed E-state index contributed by atoms with van der Waals surface area (Å²) >= 11 is 0. The summed E-state index contributed by atoms with van der Waals surface area (Å²) in [5, 5.41) is 3.06. The molecule has 0 saturated carbocycles. The molecular weight excluding hydrogens is 1000 g/mol. The van der Waals surface area contributed by atoms with Gasteiger partial charge in [-0.3, -0.25) is 18.6 Å². The zero-order chi connectivity index (χ0) is 57.9. The number of hydrogen-bond acceptors (Lipinski definition) is 6. The standard InChI is InChI=1S/C69H129N2O7P/c1-7-10-13-16-19-22-25-27-29-31-32-33-34-35-36-37-38-40-42-44-47-50-53-56-59-62-69(73)78-67(60-57-54-51-48-45-24-21-18-15-12-9-3)66(65-77-79(74,75)76-64-63-71(4,5)6)70-68(72)61-58-55-52-49-46-43-41-39-30-28-26-23-20-17-14-11-8-2/h19,22,27-30,32-33,57,60,66-67H,7-18,20-21,23-26,31,34-56,58-59,61-65H2,1-6H3,(H-,70,72,74,75)/p+1/b22-19-,29-27-,30-28+,33-32-,60-57-.